The number of halogens is 4. The average Bonchev–Trinajstić information content (AvgIpc) is 3.03. The third kappa shape index (κ3) is 12.4. The number of nitrogens with two attached hydrogens (primary N) is 1. The highest BCUT2D eigenvalue weighted by atomic mass is 35.5. The molecular formula is C35H46Cl2F2N4O5S. The molecule has 3 aromatic rings. The van der Waals surface area contributed by atoms with Crippen LogP contribution in [0.25, 0.3) is 0 Å². The Bertz CT molecular complexity index is 1610. The largest absolute Gasteiger partial charge is 0.390 e. The number of imide groups is 1. The maximum Gasteiger partial charge on any atom is 0.262 e. The summed E-state index contributed by atoms with van der Waals surface area (Å²) in [4.78, 5) is 32.9. The van der Waals surface area contributed by atoms with Crippen LogP contribution in [0, 0.1) is 11.6 Å². The first-order valence-corrected chi connectivity index (χ1v) is 18.3. The number of carbonyl (C=O) groups is 2. The number of hydrogen-bond donors (Lipinski definition) is 3. The Hall–Kier alpha value is -3.00. The van der Waals surface area contributed by atoms with Gasteiger partial charge in [0.25, 0.3) is 5.91 Å². The molecule has 0 radical (unpaired) electrons. The van der Waals surface area contributed by atoms with Gasteiger partial charge < -0.3 is 16.2 Å². The number of sulfone groups is 1. The summed E-state index contributed by atoms with van der Waals surface area (Å²) in [5.41, 5.74) is 8.29. The third-order valence-electron chi connectivity index (χ3n) is 8.11. The summed E-state index contributed by atoms with van der Waals surface area (Å²) in [6.07, 6.45) is 2.10. The molecule has 0 spiro atoms. The Morgan fingerprint density at radius 1 is 0.980 bits per heavy atom. The lowest BCUT2D eigenvalue weighted by Crippen LogP contribution is -2.59. The van der Waals surface area contributed by atoms with Gasteiger partial charge in [-0.2, -0.15) is 0 Å². The molecule has 1 aromatic heterocycles. The normalized spacial score (nSPS) is 13.4. The van der Waals surface area contributed by atoms with Crippen LogP contribution < -0.4 is 11.1 Å². The molecule has 2 aromatic carbocycles. The number of nitrogens with one attached hydrogen (secondary N) is 1. The molecule has 0 aliphatic heterocycles. The molecule has 1 unspecified atom stereocenters. The number of pyridine rings is 1. The van der Waals surface area contributed by atoms with Gasteiger partial charge in [-0.05, 0) is 66.6 Å². The van der Waals surface area contributed by atoms with Crippen LogP contribution in [0.15, 0.2) is 60.8 Å². The molecule has 0 aliphatic rings. The Morgan fingerprint density at radius 2 is 1.61 bits per heavy atom. The van der Waals surface area contributed by atoms with Gasteiger partial charge in [0.05, 0.1) is 34.8 Å². The maximum absolute atomic E-state index is 14.3. The lowest BCUT2D eigenvalue weighted by molar-refractivity contribution is -0.133. The van der Waals surface area contributed by atoms with Crippen LogP contribution in [-0.4, -0.2) is 71.0 Å². The number of aliphatic hydroxyl groups excluding tert-OH is 1. The summed E-state index contributed by atoms with van der Waals surface area (Å²) in [7, 11) is -3.87. The zero-order chi connectivity index (χ0) is 35.4. The molecule has 0 saturated carbocycles. The minimum Gasteiger partial charge on any atom is -0.390 e. The molecule has 270 valence electrons. The van der Waals surface area contributed by atoms with Crippen LogP contribution >= 0.6 is 24.0 Å². The molecular weight excluding hydrogens is 697 g/mol. The van der Waals surface area contributed by atoms with Crippen molar-refractivity contribution in [1.82, 2.24) is 15.2 Å². The van der Waals surface area contributed by atoms with Gasteiger partial charge >= 0.3 is 0 Å². The molecule has 3 atom stereocenters. The second-order valence-corrected chi connectivity index (χ2v) is 14.7. The Balaban J connectivity index is 0.00000833. The number of carbonyl (C=O) groups excluding carboxylic acids is 2. The van der Waals surface area contributed by atoms with E-state index in [1.807, 2.05) is 45.0 Å². The maximum atomic E-state index is 14.3. The van der Waals surface area contributed by atoms with E-state index in [0.717, 1.165) is 35.9 Å². The molecule has 0 fully saturated rings. The van der Waals surface area contributed by atoms with E-state index in [0.29, 0.717) is 43.2 Å². The first-order chi connectivity index (χ1) is 22.8. The second kappa shape index (κ2) is 20.0. The summed E-state index contributed by atoms with van der Waals surface area (Å²) in [6, 6.07) is 10.1. The van der Waals surface area contributed by atoms with E-state index >= 15 is 0 Å². The van der Waals surface area contributed by atoms with E-state index in [-0.39, 0.29) is 41.7 Å². The molecule has 0 bridgehead atoms. The molecule has 9 nitrogen and oxygen atoms in total. The van der Waals surface area contributed by atoms with Gasteiger partial charge in [0, 0.05) is 25.4 Å². The van der Waals surface area contributed by atoms with Gasteiger partial charge in [0.1, 0.15) is 16.8 Å². The van der Waals surface area contributed by atoms with Crippen LogP contribution in [0.5, 0.6) is 0 Å². The van der Waals surface area contributed by atoms with Gasteiger partial charge in [-0.3, -0.25) is 14.5 Å². The van der Waals surface area contributed by atoms with Gasteiger partial charge in [-0.1, -0.05) is 69.5 Å². The van der Waals surface area contributed by atoms with E-state index in [1.54, 1.807) is 0 Å². The topological polar surface area (TPSA) is 143 Å². The van der Waals surface area contributed by atoms with Crippen molar-refractivity contribution in [3.8, 4) is 0 Å². The highest BCUT2D eigenvalue weighted by Gasteiger charge is 2.40. The number of aryl methyl sites for hydroxylation is 1. The van der Waals surface area contributed by atoms with Gasteiger partial charge in [-0.25, -0.2) is 22.2 Å². The molecule has 0 aliphatic carbocycles. The molecule has 14 heteroatoms. The third-order valence-corrected chi connectivity index (χ3v) is 10.6. The molecule has 0 saturated heterocycles. The smallest absolute Gasteiger partial charge is 0.262 e. The first kappa shape index (κ1) is 42.2. The summed E-state index contributed by atoms with van der Waals surface area (Å²) < 4.78 is 55.4. The van der Waals surface area contributed by atoms with Crippen molar-refractivity contribution in [1.29, 1.82) is 0 Å². The molecule has 1 heterocycles. The van der Waals surface area contributed by atoms with Crippen molar-refractivity contribution in [2.24, 2.45) is 5.73 Å². The van der Waals surface area contributed by atoms with Crippen LogP contribution in [0.1, 0.15) is 73.5 Å². The van der Waals surface area contributed by atoms with Crippen LogP contribution in [0.2, 0.25) is 5.15 Å². The fraction of sp³-hybridized carbons (Fsp3) is 0.457. The number of rotatable bonds is 18. The number of aromatic nitrogens is 1. The summed E-state index contributed by atoms with van der Waals surface area (Å²) in [5, 5.41) is 14.1. The number of aliphatic hydroxyl groups is 1. The molecule has 49 heavy (non-hydrogen) atoms. The predicted molar refractivity (Wildman–Crippen MR) is 190 cm³/mol. The number of benzene rings is 2. The van der Waals surface area contributed by atoms with E-state index < -0.39 is 62.5 Å². The van der Waals surface area contributed by atoms with Crippen LogP contribution in [-0.2, 0) is 34.0 Å². The molecule has 2 amide bonds. The van der Waals surface area contributed by atoms with Crippen molar-refractivity contribution >= 4 is 45.7 Å². The highest BCUT2D eigenvalue weighted by Crippen LogP contribution is 2.22. The van der Waals surface area contributed by atoms with Crippen molar-refractivity contribution < 1.29 is 31.9 Å². The fourth-order valence-corrected chi connectivity index (χ4v) is 7.89. The van der Waals surface area contributed by atoms with Gasteiger partial charge in [-0.15, -0.1) is 12.4 Å². The van der Waals surface area contributed by atoms with Crippen molar-refractivity contribution in [3.63, 3.8) is 0 Å². The second-order valence-electron chi connectivity index (χ2n) is 11.9. The summed E-state index contributed by atoms with van der Waals surface area (Å²) in [6.45, 7) is 5.94. The number of amides is 2. The number of hydrogen-bond acceptors (Lipinski definition) is 8. The van der Waals surface area contributed by atoms with Gasteiger partial charge in [0.15, 0.2) is 9.84 Å². The molecule has 4 N–H and O–H groups in total. The Morgan fingerprint density at radius 3 is 2.18 bits per heavy atom. The minimum absolute atomic E-state index is 0. The van der Waals surface area contributed by atoms with Gasteiger partial charge in [0.2, 0.25) is 5.91 Å². The zero-order valence-electron chi connectivity index (χ0n) is 27.9. The minimum atomic E-state index is -3.87. The number of nitrogens with zero attached hydrogens (tertiary/aromatic N) is 2. The standard InChI is InChI=1S/C35H45ClF2N4O5S.ClH/c1-4-8-29(9-5-2)48(46,47)22-30(39)35(45)42(34(44)26-12-13-33(36)41-20-26)31(17-25-15-27(37)18-28(38)16-25)32(43)21-40-19-24-11-7-10-23(6-3)14-24;/h7,10-16,18,20,29-32,40,43H,4-6,8-9,17,19,21-22,39H2,1-3H3;1H/t30?,31-,32+;/m0./s1. The van der Waals surface area contributed by atoms with Crippen molar-refractivity contribution in [3.05, 3.63) is 99.8 Å². The fourth-order valence-electron chi connectivity index (χ4n) is 5.67. The lowest BCUT2D eigenvalue weighted by atomic mass is 9.97. The van der Waals surface area contributed by atoms with Crippen LogP contribution in [0.3, 0.4) is 0 Å². The van der Waals surface area contributed by atoms with E-state index in [2.05, 4.69) is 10.3 Å². The Kier molecular flexibility index (Phi) is 17.2. The summed E-state index contributed by atoms with van der Waals surface area (Å²) in [5.74, 6) is -4.52. The monoisotopic (exact) mass is 742 g/mol. The SMILES string of the molecule is CCCC(CCC)S(=O)(=O)CC(N)C(=O)N(C(=O)c1ccc(Cl)nc1)[C@@H](Cc1cc(F)cc(F)c1)[C@H](O)CNCc1cccc(CC)c1.Cl. The predicted octanol–water partition coefficient (Wildman–Crippen LogP) is 5.44. The zero-order valence-corrected chi connectivity index (χ0v) is 30.3. The first-order valence-electron chi connectivity index (χ1n) is 16.2. The van der Waals surface area contributed by atoms with E-state index in [1.165, 1.54) is 12.1 Å². The summed E-state index contributed by atoms with van der Waals surface area (Å²) >= 11 is 5.93. The Labute approximate surface area is 299 Å². The van der Waals surface area contributed by atoms with Crippen molar-refractivity contribution in [2.45, 2.75) is 89.3 Å². The quantitative estimate of drug-likeness (QED) is 0.146. The highest BCUT2D eigenvalue weighted by molar-refractivity contribution is 7.92. The van der Waals surface area contributed by atoms with E-state index in [4.69, 9.17) is 17.3 Å². The average molecular weight is 744 g/mol. The lowest BCUT2D eigenvalue weighted by Gasteiger charge is -2.35. The van der Waals surface area contributed by atoms with Crippen molar-refractivity contribution in [2.75, 3.05) is 12.3 Å². The molecule has 3 rings (SSSR count). The van der Waals surface area contributed by atoms with E-state index in [9.17, 15) is 31.9 Å². The van der Waals surface area contributed by atoms with Crippen LogP contribution in [0.4, 0.5) is 8.78 Å².